The van der Waals surface area contributed by atoms with Gasteiger partial charge >= 0.3 is 0 Å². The molecule has 92 valence electrons. The number of nitrogens with two attached hydrogens (primary N) is 1. The molecular formula is C12H14NO4-. The first kappa shape index (κ1) is 11.6. The van der Waals surface area contributed by atoms with E-state index in [-0.39, 0.29) is 0 Å². The summed E-state index contributed by atoms with van der Waals surface area (Å²) in [4.78, 5) is 11.0. The van der Waals surface area contributed by atoms with E-state index in [1.165, 1.54) is 0 Å². The number of nitrogen functional groups attached to an aromatic ring is 1. The van der Waals surface area contributed by atoms with Crippen molar-refractivity contribution in [2.24, 2.45) is 5.92 Å². The van der Waals surface area contributed by atoms with Crippen LogP contribution in [0.25, 0.3) is 0 Å². The van der Waals surface area contributed by atoms with Gasteiger partial charge < -0.3 is 25.1 Å². The second kappa shape index (κ2) is 3.84. The van der Waals surface area contributed by atoms with Crippen molar-refractivity contribution in [1.82, 2.24) is 0 Å². The molecule has 0 saturated heterocycles. The standard InChI is InChI=1S/C12H15NO4/c1-3-8(11(14)15)12(2)16-9-5-4-7(13)6-10(9)17-12/h4-6,8H,3,13H2,1-2H3,(H,14,15)/p-1. The average molecular weight is 236 g/mol. The predicted molar refractivity (Wildman–Crippen MR) is 59.3 cm³/mol. The number of fused-ring (bicyclic) bond motifs is 1. The van der Waals surface area contributed by atoms with Crippen molar-refractivity contribution in [3.8, 4) is 11.5 Å². The van der Waals surface area contributed by atoms with E-state index in [9.17, 15) is 9.90 Å². The summed E-state index contributed by atoms with van der Waals surface area (Å²) >= 11 is 0. The third-order valence-corrected chi connectivity index (χ3v) is 2.92. The van der Waals surface area contributed by atoms with Crippen LogP contribution in [-0.2, 0) is 4.79 Å². The number of ether oxygens (including phenoxy) is 2. The van der Waals surface area contributed by atoms with Gasteiger partial charge in [0.25, 0.3) is 5.79 Å². The summed E-state index contributed by atoms with van der Waals surface area (Å²) in [5.41, 5.74) is 6.16. The van der Waals surface area contributed by atoms with Crippen LogP contribution in [0.3, 0.4) is 0 Å². The van der Waals surface area contributed by atoms with Crippen LogP contribution in [0.15, 0.2) is 18.2 Å². The third kappa shape index (κ3) is 1.88. The van der Waals surface area contributed by atoms with E-state index in [2.05, 4.69) is 0 Å². The van der Waals surface area contributed by atoms with Crippen molar-refractivity contribution in [2.75, 3.05) is 5.73 Å². The summed E-state index contributed by atoms with van der Waals surface area (Å²) in [6.45, 7) is 3.34. The Morgan fingerprint density at radius 1 is 1.47 bits per heavy atom. The highest BCUT2D eigenvalue weighted by Gasteiger charge is 2.44. The molecule has 2 rings (SSSR count). The number of benzene rings is 1. The number of aliphatic carboxylic acids is 1. The number of carboxylic acids is 1. The molecule has 1 aromatic rings. The fourth-order valence-electron chi connectivity index (χ4n) is 2.04. The molecule has 2 unspecified atom stereocenters. The monoisotopic (exact) mass is 236 g/mol. The van der Waals surface area contributed by atoms with Gasteiger partial charge in [0.15, 0.2) is 11.5 Å². The number of hydrogen-bond donors (Lipinski definition) is 1. The normalized spacial score (nSPS) is 23.4. The van der Waals surface area contributed by atoms with E-state index >= 15 is 0 Å². The van der Waals surface area contributed by atoms with Crippen LogP contribution < -0.4 is 20.3 Å². The Morgan fingerprint density at radius 2 is 2.12 bits per heavy atom. The summed E-state index contributed by atoms with van der Waals surface area (Å²) < 4.78 is 11.1. The van der Waals surface area contributed by atoms with Gasteiger partial charge in [-0.3, -0.25) is 0 Å². The van der Waals surface area contributed by atoms with E-state index in [0.717, 1.165) is 0 Å². The molecule has 0 radical (unpaired) electrons. The van der Waals surface area contributed by atoms with Crippen LogP contribution in [0.5, 0.6) is 11.5 Å². The number of carbonyl (C=O) groups excluding carboxylic acids is 1. The van der Waals surface area contributed by atoms with E-state index in [1.54, 1.807) is 32.0 Å². The van der Waals surface area contributed by atoms with Crippen molar-refractivity contribution in [3.05, 3.63) is 18.2 Å². The molecular weight excluding hydrogens is 222 g/mol. The minimum absolute atomic E-state index is 0.363. The lowest BCUT2D eigenvalue weighted by molar-refractivity contribution is -0.321. The largest absolute Gasteiger partial charge is 0.550 e. The number of carbonyl (C=O) groups is 1. The van der Waals surface area contributed by atoms with Crippen molar-refractivity contribution < 1.29 is 19.4 Å². The highest BCUT2D eigenvalue weighted by molar-refractivity contribution is 5.69. The molecule has 0 bridgehead atoms. The molecule has 0 aliphatic carbocycles. The molecule has 2 atom stereocenters. The lowest BCUT2D eigenvalue weighted by Crippen LogP contribution is -2.51. The van der Waals surface area contributed by atoms with Crippen molar-refractivity contribution in [1.29, 1.82) is 0 Å². The Kier molecular flexibility index (Phi) is 2.61. The Balaban J connectivity index is 2.31. The lowest BCUT2D eigenvalue weighted by atomic mass is 9.97. The third-order valence-electron chi connectivity index (χ3n) is 2.92. The van der Waals surface area contributed by atoms with Gasteiger partial charge in [-0.1, -0.05) is 6.92 Å². The van der Waals surface area contributed by atoms with Gasteiger partial charge in [-0.15, -0.1) is 0 Å². The Morgan fingerprint density at radius 3 is 2.71 bits per heavy atom. The molecule has 0 saturated carbocycles. The van der Waals surface area contributed by atoms with Crippen LogP contribution >= 0.6 is 0 Å². The predicted octanol–water partition coefficient (Wildman–Crippen LogP) is 0.532. The molecule has 17 heavy (non-hydrogen) atoms. The van der Waals surface area contributed by atoms with Crippen molar-refractivity contribution in [3.63, 3.8) is 0 Å². The summed E-state index contributed by atoms with van der Waals surface area (Å²) in [6.07, 6.45) is 0.363. The van der Waals surface area contributed by atoms with Crippen molar-refractivity contribution >= 4 is 11.7 Å². The SMILES string of the molecule is CCC(C(=O)[O-])C1(C)Oc2ccc(N)cc2O1. The van der Waals surface area contributed by atoms with Gasteiger partial charge in [-0.25, -0.2) is 0 Å². The van der Waals surface area contributed by atoms with Gasteiger partial charge in [0.05, 0.1) is 11.9 Å². The average Bonchev–Trinajstić information content (AvgIpc) is 2.54. The molecule has 0 amide bonds. The maximum atomic E-state index is 11.0. The molecule has 0 fully saturated rings. The molecule has 5 nitrogen and oxygen atoms in total. The minimum Gasteiger partial charge on any atom is -0.550 e. The Bertz CT molecular complexity index is 460. The van der Waals surface area contributed by atoms with E-state index < -0.39 is 17.7 Å². The molecule has 1 heterocycles. The zero-order chi connectivity index (χ0) is 12.6. The quantitative estimate of drug-likeness (QED) is 0.774. The molecule has 0 aromatic heterocycles. The zero-order valence-corrected chi connectivity index (χ0v) is 9.73. The van der Waals surface area contributed by atoms with Gasteiger partial charge in [0.2, 0.25) is 0 Å². The number of hydrogen-bond acceptors (Lipinski definition) is 5. The first-order valence-corrected chi connectivity index (χ1v) is 5.44. The number of rotatable bonds is 3. The molecule has 0 spiro atoms. The number of anilines is 1. The van der Waals surface area contributed by atoms with Gasteiger partial charge in [0, 0.05) is 18.7 Å². The zero-order valence-electron chi connectivity index (χ0n) is 9.73. The second-order valence-electron chi connectivity index (χ2n) is 4.21. The van der Waals surface area contributed by atoms with Gasteiger partial charge in [0.1, 0.15) is 0 Å². The first-order valence-electron chi connectivity index (χ1n) is 5.44. The van der Waals surface area contributed by atoms with Crippen LogP contribution in [0.2, 0.25) is 0 Å². The fraction of sp³-hybridized carbons (Fsp3) is 0.417. The summed E-state index contributed by atoms with van der Waals surface area (Å²) in [5, 5.41) is 11.0. The molecule has 2 N–H and O–H groups in total. The highest BCUT2D eigenvalue weighted by Crippen LogP contribution is 2.43. The smallest absolute Gasteiger partial charge is 0.256 e. The molecule has 1 aliphatic rings. The Labute approximate surface area is 99.1 Å². The number of carboxylic acid groups (broad SMARTS) is 1. The summed E-state index contributed by atoms with van der Waals surface area (Å²) in [5.74, 6) is -2.29. The van der Waals surface area contributed by atoms with Crippen LogP contribution in [0.1, 0.15) is 20.3 Å². The van der Waals surface area contributed by atoms with Crippen LogP contribution in [-0.4, -0.2) is 11.8 Å². The highest BCUT2D eigenvalue weighted by atomic mass is 16.7. The van der Waals surface area contributed by atoms with E-state index in [0.29, 0.717) is 23.6 Å². The summed E-state index contributed by atoms with van der Waals surface area (Å²) in [7, 11) is 0. The minimum atomic E-state index is -1.23. The molecule has 1 aliphatic heterocycles. The topological polar surface area (TPSA) is 84.6 Å². The second-order valence-corrected chi connectivity index (χ2v) is 4.21. The maximum Gasteiger partial charge on any atom is 0.256 e. The van der Waals surface area contributed by atoms with E-state index in [4.69, 9.17) is 15.2 Å². The fourth-order valence-corrected chi connectivity index (χ4v) is 2.04. The Hall–Kier alpha value is -1.91. The van der Waals surface area contributed by atoms with Gasteiger partial charge in [-0.2, -0.15) is 0 Å². The van der Waals surface area contributed by atoms with E-state index in [1.807, 2.05) is 0 Å². The molecule has 5 heteroatoms. The van der Waals surface area contributed by atoms with Gasteiger partial charge in [-0.05, 0) is 18.6 Å². The van der Waals surface area contributed by atoms with Crippen LogP contribution in [0.4, 0.5) is 5.69 Å². The first-order chi connectivity index (χ1) is 7.96. The lowest BCUT2D eigenvalue weighted by Gasteiger charge is -2.32. The molecule has 1 aromatic carbocycles. The summed E-state index contributed by atoms with van der Waals surface area (Å²) in [6, 6.07) is 4.95. The van der Waals surface area contributed by atoms with Crippen LogP contribution in [0, 0.1) is 5.92 Å². The van der Waals surface area contributed by atoms with Crippen molar-refractivity contribution in [2.45, 2.75) is 26.1 Å². The maximum absolute atomic E-state index is 11.0.